The quantitative estimate of drug-likeness (QED) is 0.150. The van der Waals surface area contributed by atoms with Gasteiger partial charge in [0.1, 0.15) is 0 Å². The second kappa shape index (κ2) is 7.42. The van der Waals surface area contributed by atoms with Crippen LogP contribution >= 0.6 is 22.6 Å². The summed E-state index contributed by atoms with van der Waals surface area (Å²) in [5.74, 6) is -59.4. The highest BCUT2D eigenvalue weighted by atomic mass is 127. The van der Waals surface area contributed by atoms with Gasteiger partial charge >= 0.3 is 51.6 Å². The molecule has 0 heterocycles. The molecule has 0 spiro atoms. The summed E-state index contributed by atoms with van der Waals surface area (Å²) < 4.78 is 249. The smallest absolute Gasteiger partial charge is 0.230 e. The van der Waals surface area contributed by atoms with Crippen LogP contribution in [0.1, 0.15) is 0 Å². The Morgan fingerprint density at radius 3 is 0.839 bits per heavy atom. The molecule has 188 valence electrons. The predicted octanol–water partition coefficient (Wildman–Crippen LogP) is 7.36. The zero-order valence-corrected chi connectivity index (χ0v) is 15.2. The van der Waals surface area contributed by atoms with Crippen molar-refractivity contribution in [2.75, 3.05) is 0 Å². The van der Waals surface area contributed by atoms with Crippen molar-refractivity contribution in [2.24, 2.45) is 0 Å². The van der Waals surface area contributed by atoms with Crippen LogP contribution in [-0.2, 0) is 0 Å². The fourth-order valence-corrected chi connectivity index (χ4v) is 1.88. The highest BCUT2D eigenvalue weighted by Crippen LogP contribution is 2.65. The van der Waals surface area contributed by atoms with Crippen LogP contribution < -0.4 is 0 Å². The maximum atomic E-state index is 13.2. The Morgan fingerprint density at radius 2 is 0.613 bits per heavy atom. The van der Waals surface area contributed by atoms with Crippen LogP contribution in [-0.4, -0.2) is 57.7 Å². The molecule has 0 N–H and O–H groups in total. The molecule has 0 aromatic carbocycles. The van der Waals surface area contributed by atoms with Crippen LogP contribution in [0.2, 0.25) is 0 Å². The minimum absolute atomic E-state index is 1.09. The molecule has 0 aliphatic rings. The van der Waals surface area contributed by atoms with E-state index in [0.717, 1.165) is 0 Å². The van der Waals surface area contributed by atoms with Gasteiger partial charge in [0.2, 0.25) is 0 Å². The van der Waals surface area contributed by atoms with Gasteiger partial charge in [-0.05, 0) is 0 Å². The van der Waals surface area contributed by atoms with E-state index in [2.05, 4.69) is 0 Å². The Morgan fingerprint density at radius 1 is 0.387 bits per heavy atom. The molecule has 0 fully saturated rings. The average Bonchev–Trinajstić information content (AvgIpc) is 2.50. The molecule has 1 unspecified atom stereocenters. The highest BCUT2D eigenvalue weighted by molar-refractivity contribution is 14.1. The van der Waals surface area contributed by atoms with Gasteiger partial charge < -0.3 is 0 Å². The highest BCUT2D eigenvalue weighted by Gasteiger charge is 2.95. The standard InChI is InChI=1S/C10HF20I/c11-1(3(14,15)16)2(12,13)4(17,18)5(19,20)6(21,22)7(23,24)8(25,26)9(27,28)10(29,30)31/h1H. The van der Waals surface area contributed by atoms with Gasteiger partial charge in [-0.1, -0.05) is 0 Å². The van der Waals surface area contributed by atoms with Crippen LogP contribution in [0.15, 0.2) is 0 Å². The zero-order chi connectivity index (χ0) is 26.1. The summed E-state index contributed by atoms with van der Waals surface area (Å²) in [6.07, 6.45) is -13.7. The summed E-state index contributed by atoms with van der Waals surface area (Å²) in [5, 5.41) is 0. The number of halogens is 21. The van der Waals surface area contributed by atoms with E-state index in [9.17, 15) is 87.8 Å². The monoisotopic (exact) mass is 628 g/mol. The molecule has 0 aromatic rings. The normalized spacial score (nSPS) is 17.7. The molecule has 1 atom stereocenters. The summed E-state index contributed by atoms with van der Waals surface area (Å²) in [6, 6.07) is 0. The Balaban J connectivity index is 6.84. The first-order valence-electron chi connectivity index (χ1n) is 6.33. The van der Waals surface area contributed by atoms with E-state index < -0.39 is 80.3 Å². The van der Waals surface area contributed by atoms with E-state index in [0.29, 0.717) is 0 Å². The SMILES string of the molecule is FC(C(F)(F)F)C(F)(F)C(F)(F)C(F)(F)C(F)(F)C(F)(F)C(F)(F)C(F)(F)C(F)(F)I. The second-order valence-corrected chi connectivity index (χ2v) is 6.83. The van der Waals surface area contributed by atoms with E-state index in [1.165, 1.54) is 0 Å². The molecule has 0 saturated heterocycles. The van der Waals surface area contributed by atoms with Crippen LogP contribution in [0.25, 0.3) is 0 Å². The van der Waals surface area contributed by atoms with Gasteiger partial charge in [-0.15, -0.1) is 0 Å². The Hall–Kier alpha value is -0.670. The summed E-state index contributed by atoms with van der Waals surface area (Å²) in [5.41, 5.74) is 0. The molecule has 0 aliphatic heterocycles. The predicted molar refractivity (Wildman–Crippen MR) is 64.5 cm³/mol. The molecule has 0 rings (SSSR count). The van der Waals surface area contributed by atoms with Gasteiger partial charge in [-0.25, -0.2) is 4.39 Å². The maximum absolute atomic E-state index is 13.2. The van der Waals surface area contributed by atoms with E-state index in [1.54, 1.807) is 0 Å². The lowest BCUT2D eigenvalue weighted by atomic mass is 9.88. The van der Waals surface area contributed by atoms with Gasteiger partial charge in [0.05, 0.1) is 0 Å². The van der Waals surface area contributed by atoms with Crippen LogP contribution in [0.5, 0.6) is 0 Å². The third-order valence-electron chi connectivity index (χ3n) is 3.35. The zero-order valence-electron chi connectivity index (χ0n) is 13.0. The third kappa shape index (κ3) is 3.97. The molecule has 0 radical (unpaired) electrons. The largest absolute Gasteiger partial charge is 0.425 e. The summed E-state index contributed by atoms with van der Waals surface area (Å²) >= 11 is -1.09. The number of alkyl halides is 21. The fraction of sp³-hybridized carbons (Fsp3) is 1.00. The van der Waals surface area contributed by atoms with Gasteiger partial charge in [-0.3, -0.25) is 0 Å². The number of rotatable bonds is 8. The van der Waals surface area contributed by atoms with Crippen molar-refractivity contribution in [2.45, 2.75) is 57.7 Å². The molecule has 0 aliphatic carbocycles. The third-order valence-corrected chi connectivity index (χ3v) is 4.03. The molecule has 0 bridgehead atoms. The minimum Gasteiger partial charge on any atom is -0.230 e. The number of hydrogen-bond donors (Lipinski definition) is 0. The molecule has 0 aromatic heterocycles. The Bertz CT molecular complexity index is 652. The van der Waals surface area contributed by atoms with Crippen molar-refractivity contribution in [3.05, 3.63) is 0 Å². The van der Waals surface area contributed by atoms with Crippen LogP contribution in [0.3, 0.4) is 0 Å². The van der Waals surface area contributed by atoms with Crippen LogP contribution in [0, 0.1) is 0 Å². The molecule has 21 heteroatoms. The molecule has 0 amide bonds. The number of hydrogen-bond acceptors (Lipinski definition) is 0. The molecule has 31 heavy (non-hydrogen) atoms. The maximum Gasteiger partial charge on any atom is 0.425 e. The first kappa shape index (κ1) is 30.3. The molecule has 0 nitrogen and oxygen atoms in total. The van der Waals surface area contributed by atoms with Gasteiger partial charge in [0.25, 0.3) is 6.17 Å². The van der Waals surface area contributed by atoms with E-state index in [1.807, 2.05) is 0 Å². The fourth-order valence-electron chi connectivity index (χ4n) is 1.54. The van der Waals surface area contributed by atoms with Gasteiger partial charge in [-0.2, -0.15) is 83.4 Å². The first-order chi connectivity index (χ1) is 12.9. The minimum atomic E-state index is -8.90. The van der Waals surface area contributed by atoms with Gasteiger partial charge in [0, 0.05) is 22.6 Å². The Kier molecular flexibility index (Phi) is 7.26. The lowest BCUT2D eigenvalue weighted by molar-refractivity contribution is -0.454. The van der Waals surface area contributed by atoms with E-state index in [-0.39, 0.29) is 0 Å². The molecule has 0 saturated carbocycles. The second-order valence-electron chi connectivity index (χ2n) is 5.47. The van der Waals surface area contributed by atoms with Crippen molar-refractivity contribution >= 4 is 22.6 Å². The molecular formula is C10HF20I. The van der Waals surface area contributed by atoms with Crippen molar-refractivity contribution in [3.8, 4) is 0 Å². The van der Waals surface area contributed by atoms with Crippen LogP contribution in [0.4, 0.5) is 87.8 Å². The Labute approximate surface area is 169 Å². The summed E-state index contributed by atoms with van der Waals surface area (Å²) in [7, 11) is 0. The average molecular weight is 628 g/mol. The first-order valence-corrected chi connectivity index (χ1v) is 7.40. The van der Waals surface area contributed by atoms with Gasteiger partial charge in [0.15, 0.2) is 0 Å². The summed E-state index contributed by atoms with van der Waals surface area (Å²) in [6.45, 7) is 0. The van der Waals surface area contributed by atoms with Crippen molar-refractivity contribution in [3.63, 3.8) is 0 Å². The topological polar surface area (TPSA) is 0 Å². The lowest BCUT2D eigenvalue weighted by Crippen LogP contribution is -2.75. The van der Waals surface area contributed by atoms with Crippen molar-refractivity contribution < 1.29 is 87.8 Å². The lowest BCUT2D eigenvalue weighted by Gasteiger charge is -2.43. The van der Waals surface area contributed by atoms with E-state index >= 15 is 0 Å². The summed E-state index contributed by atoms with van der Waals surface area (Å²) in [4.78, 5) is 0. The van der Waals surface area contributed by atoms with Crippen molar-refractivity contribution in [1.29, 1.82) is 0 Å². The van der Waals surface area contributed by atoms with E-state index in [4.69, 9.17) is 0 Å². The van der Waals surface area contributed by atoms with Crippen molar-refractivity contribution in [1.82, 2.24) is 0 Å². The molecular weight excluding hydrogens is 627 g/mol.